The Morgan fingerprint density at radius 1 is 1.11 bits per heavy atom. The van der Waals surface area contributed by atoms with E-state index >= 15 is 0 Å². The summed E-state index contributed by atoms with van der Waals surface area (Å²) in [6.45, 7) is 1.75. The Morgan fingerprint density at radius 3 is 2.48 bits per heavy atom. The van der Waals surface area contributed by atoms with Crippen LogP contribution in [0.2, 0.25) is 10.2 Å². The van der Waals surface area contributed by atoms with Crippen molar-refractivity contribution in [3.63, 3.8) is 0 Å². The first kappa shape index (κ1) is 19.3. The lowest BCUT2D eigenvalue weighted by atomic mass is 10.2. The van der Waals surface area contributed by atoms with Gasteiger partial charge in [0, 0.05) is 0 Å². The topological polar surface area (TPSA) is 42.2 Å². The van der Waals surface area contributed by atoms with Crippen molar-refractivity contribution in [2.24, 2.45) is 5.10 Å². The summed E-state index contributed by atoms with van der Waals surface area (Å²) in [5, 5.41) is 8.77. The van der Waals surface area contributed by atoms with Crippen LogP contribution in [0.25, 0.3) is 5.69 Å². The Balaban J connectivity index is 1.85. The molecule has 0 atom stereocenters. The van der Waals surface area contributed by atoms with E-state index in [1.807, 2.05) is 30.3 Å². The highest BCUT2D eigenvalue weighted by Crippen LogP contribution is 2.33. The maximum absolute atomic E-state index is 12.8. The summed E-state index contributed by atoms with van der Waals surface area (Å²) in [5.41, 5.74) is 3.66. The van der Waals surface area contributed by atoms with Crippen LogP contribution in [0.15, 0.2) is 53.6 Å². The minimum Gasteiger partial charge on any atom is -0.277 e. The third-order valence-corrected chi connectivity index (χ3v) is 4.41. The molecule has 1 aromatic heterocycles. The van der Waals surface area contributed by atoms with Gasteiger partial charge in [-0.2, -0.15) is 23.4 Å². The third-order valence-electron chi connectivity index (χ3n) is 3.72. The van der Waals surface area contributed by atoms with Gasteiger partial charge in [0.25, 0.3) is 0 Å². The second-order valence-corrected chi connectivity index (χ2v) is 6.36. The number of anilines is 1. The maximum atomic E-state index is 12.8. The van der Waals surface area contributed by atoms with Crippen molar-refractivity contribution in [3.05, 3.63) is 75.5 Å². The predicted molar refractivity (Wildman–Crippen MR) is 101 cm³/mol. The van der Waals surface area contributed by atoms with Crippen LogP contribution in [0.1, 0.15) is 16.8 Å². The Hall–Kier alpha value is -2.51. The Morgan fingerprint density at radius 2 is 1.81 bits per heavy atom. The van der Waals surface area contributed by atoms with Crippen LogP contribution in [0.5, 0.6) is 0 Å². The van der Waals surface area contributed by atoms with Gasteiger partial charge in [0.1, 0.15) is 5.15 Å². The number of benzene rings is 2. The summed E-state index contributed by atoms with van der Waals surface area (Å²) in [6.07, 6.45) is -3.08. The van der Waals surface area contributed by atoms with E-state index in [9.17, 15) is 13.2 Å². The van der Waals surface area contributed by atoms with Gasteiger partial charge in [0.15, 0.2) is 0 Å². The average Bonchev–Trinajstić information content (AvgIpc) is 2.91. The zero-order chi connectivity index (χ0) is 19.6. The number of halogens is 5. The van der Waals surface area contributed by atoms with Crippen LogP contribution in [0.3, 0.4) is 0 Å². The molecule has 0 amide bonds. The fourth-order valence-corrected chi connectivity index (χ4v) is 2.83. The molecule has 0 unspecified atom stereocenters. The standard InChI is InChI=1S/C18H13Cl2F3N4/c1-11-14(17(20)27(26-11)13-5-3-2-4-6-13)10-24-25-16-9-12(18(21,22)23)7-8-15(16)19/h2-10,25H,1H3. The summed E-state index contributed by atoms with van der Waals surface area (Å²) in [5.74, 6) is 0. The number of hydrogen-bond donors (Lipinski definition) is 1. The normalized spacial score (nSPS) is 11.9. The number of para-hydroxylation sites is 1. The Labute approximate surface area is 163 Å². The molecule has 0 aliphatic carbocycles. The van der Waals surface area contributed by atoms with Crippen molar-refractivity contribution >= 4 is 35.1 Å². The number of alkyl halides is 3. The van der Waals surface area contributed by atoms with Gasteiger partial charge in [-0.15, -0.1) is 0 Å². The molecule has 0 bridgehead atoms. The number of hydrogen-bond acceptors (Lipinski definition) is 3. The van der Waals surface area contributed by atoms with E-state index < -0.39 is 11.7 Å². The van der Waals surface area contributed by atoms with Crippen LogP contribution >= 0.6 is 23.2 Å². The lowest BCUT2D eigenvalue weighted by molar-refractivity contribution is -0.137. The number of aryl methyl sites for hydroxylation is 1. The van der Waals surface area contributed by atoms with Crippen molar-refractivity contribution in [2.75, 3.05) is 5.43 Å². The maximum Gasteiger partial charge on any atom is 0.416 e. The number of nitrogens with one attached hydrogen (secondary N) is 1. The molecule has 9 heteroatoms. The number of aromatic nitrogens is 2. The first-order valence-electron chi connectivity index (χ1n) is 7.73. The molecular formula is C18H13Cl2F3N4. The summed E-state index contributed by atoms with van der Waals surface area (Å²) in [7, 11) is 0. The summed E-state index contributed by atoms with van der Waals surface area (Å²) < 4.78 is 40.0. The van der Waals surface area contributed by atoms with E-state index in [-0.39, 0.29) is 10.7 Å². The highest BCUT2D eigenvalue weighted by Gasteiger charge is 2.30. The summed E-state index contributed by atoms with van der Waals surface area (Å²) >= 11 is 12.3. The van der Waals surface area contributed by atoms with Crippen molar-refractivity contribution in [1.29, 1.82) is 0 Å². The van der Waals surface area contributed by atoms with Gasteiger partial charge in [0.2, 0.25) is 0 Å². The molecule has 0 radical (unpaired) electrons. The molecule has 1 heterocycles. The molecule has 0 saturated carbocycles. The largest absolute Gasteiger partial charge is 0.416 e. The highest BCUT2D eigenvalue weighted by atomic mass is 35.5. The van der Waals surface area contributed by atoms with Gasteiger partial charge in [-0.25, -0.2) is 4.68 Å². The van der Waals surface area contributed by atoms with E-state index in [0.717, 1.165) is 23.9 Å². The lowest BCUT2D eigenvalue weighted by Crippen LogP contribution is -2.05. The lowest BCUT2D eigenvalue weighted by Gasteiger charge is -2.09. The van der Waals surface area contributed by atoms with Gasteiger partial charge in [-0.3, -0.25) is 5.43 Å². The first-order valence-corrected chi connectivity index (χ1v) is 8.49. The van der Waals surface area contributed by atoms with Crippen molar-refractivity contribution in [1.82, 2.24) is 9.78 Å². The molecule has 0 saturated heterocycles. The smallest absolute Gasteiger partial charge is 0.277 e. The molecule has 3 rings (SSSR count). The van der Waals surface area contributed by atoms with E-state index in [2.05, 4.69) is 15.6 Å². The molecule has 140 valence electrons. The minimum absolute atomic E-state index is 0.0342. The number of rotatable bonds is 4. The zero-order valence-electron chi connectivity index (χ0n) is 13.9. The van der Waals surface area contributed by atoms with Crippen LogP contribution in [0, 0.1) is 6.92 Å². The molecular weight excluding hydrogens is 400 g/mol. The van der Waals surface area contributed by atoms with Crippen molar-refractivity contribution in [3.8, 4) is 5.69 Å². The molecule has 0 aliphatic rings. The van der Waals surface area contributed by atoms with E-state index in [1.165, 1.54) is 6.21 Å². The second kappa shape index (κ2) is 7.62. The van der Waals surface area contributed by atoms with Crippen LogP contribution in [0.4, 0.5) is 18.9 Å². The Bertz CT molecular complexity index is 982. The van der Waals surface area contributed by atoms with E-state index in [0.29, 0.717) is 16.4 Å². The molecule has 1 N–H and O–H groups in total. The predicted octanol–water partition coefficient (Wildman–Crippen LogP) is 5.95. The molecule has 0 aliphatic heterocycles. The third kappa shape index (κ3) is 4.26. The summed E-state index contributed by atoms with van der Waals surface area (Å²) in [4.78, 5) is 0. The van der Waals surface area contributed by atoms with Gasteiger partial charge in [-0.05, 0) is 37.3 Å². The van der Waals surface area contributed by atoms with Gasteiger partial charge >= 0.3 is 6.18 Å². The fraction of sp³-hybridized carbons (Fsp3) is 0.111. The SMILES string of the molecule is Cc1nn(-c2ccccc2)c(Cl)c1C=NNc1cc(C(F)(F)F)ccc1Cl. The van der Waals surface area contributed by atoms with Gasteiger partial charge < -0.3 is 0 Å². The van der Waals surface area contributed by atoms with Gasteiger partial charge in [-0.1, -0.05) is 41.4 Å². The quantitative estimate of drug-likeness (QED) is 0.424. The minimum atomic E-state index is -4.47. The molecule has 0 fully saturated rings. The van der Waals surface area contributed by atoms with Crippen LogP contribution < -0.4 is 5.43 Å². The highest BCUT2D eigenvalue weighted by molar-refractivity contribution is 6.33. The van der Waals surface area contributed by atoms with E-state index in [4.69, 9.17) is 23.2 Å². The van der Waals surface area contributed by atoms with Crippen LogP contribution in [-0.2, 0) is 6.18 Å². The molecule has 3 aromatic rings. The van der Waals surface area contributed by atoms with Crippen molar-refractivity contribution in [2.45, 2.75) is 13.1 Å². The molecule has 2 aromatic carbocycles. The van der Waals surface area contributed by atoms with Crippen molar-refractivity contribution < 1.29 is 13.2 Å². The van der Waals surface area contributed by atoms with E-state index in [1.54, 1.807) is 11.6 Å². The number of nitrogens with zero attached hydrogens (tertiary/aromatic N) is 3. The fourth-order valence-electron chi connectivity index (χ4n) is 2.35. The zero-order valence-corrected chi connectivity index (χ0v) is 15.4. The Kier molecular flexibility index (Phi) is 5.43. The number of hydrazone groups is 1. The van der Waals surface area contributed by atoms with Gasteiger partial charge in [0.05, 0.1) is 39.4 Å². The first-order chi connectivity index (χ1) is 12.8. The molecule has 0 spiro atoms. The average molecular weight is 413 g/mol. The monoisotopic (exact) mass is 412 g/mol. The van der Waals surface area contributed by atoms with Crippen LogP contribution in [-0.4, -0.2) is 16.0 Å². The second-order valence-electron chi connectivity index (χ2n) is 5.60. The summed E-state index contributed by atoms with van der Waals surface area (Å²) in [6, 6.07) is 12.2. The molecule has 27 heavy (non-hydrogen) atoms. The molecule has 4 nitrogen and oxygen atoms in total.